The largest absolute Gasteiger partial charge is 0.303 e. The van der Waals surface area contributed by atoms with Crippen LogP contribution in [0, 0.1) is 17.8 Å². The molecule has 0 aromatic carbocycles. The molecule has 0 aliphatic rings. The number of hydrogen-bond acceptors (Lipinski definition) is 3. The van der Waals surface area contributed by atoms with Gasteiger partial charge in [-0.25, -0.2) is 5.48 Å². The van der Waals surface area contributed by atoms with Crippen molar-refractivity contribution in [3.05, 3.63) is 0 Å². The van der Waals surface area contributed by atoms with Crippen molar-refractivity contribution in [3.8, 4) is 0 Å². The van der Waals surface area contributed by atoms with Crippen LogP contribution in [0.3, 0.4) is 0 Å². The minimum absolute atomic E-state index is 0.313. The Balaban J connectivity index is 4.22. The molecule has 0 spiro atoms. The summed E-state index contributed by atoms with van der Waals surface area (Å²) in [6.45, 7) is 5.60. The molecular weight excluding hydrogens is 170 g/mol. The highest BCUT2D eigenvalue weighted by atomic mass is 16.5. The van der Waals surface area contributed by atoms with Crippen molar-refractivity contribution >= 4 is 12.2 Å². The van der Waals surface area contributed by atoms with Crippen LogP contribution in [-0.4, -0.2) is 17.4 Å². The van der Waals surface area contributed by atoms with Gasteiger partial charge >= 0.3 is 0 Å². The first-order valence-electron chi connectivity index (χ1n) is 4.42. The van der Waals surface area contributed by atoms with E-state index in [2.05, 4.69) is 0 Å². The zero-order valence-corrected chi connectivity index (χ0v) is 8.28. The van der Waals surface area contributed by atoms with Crippen LogP contribution >= 0.6 is 0 Å². The lowest BCUT2D eigenvalue weighted by atomic mass is 9.87. The molecule has 0 aromatic heterocycles. The van der Waals surface area contributed by atoms with Crippen LogP contribution in [0.4, 0.5) is 0 Å². The fraction of sp³-hybridized carbons (Fsp3) is 0.778. The molecule has 4 nitrogen and oxygen atoms in total. The quantitative estimate of drug-likeness (QED) is 0.383. The molecule has 0 saturated heterocycles. The van der Waals surface area contributed by atoms with E-state index in [9.17, 15) is 9.59 Å². The van der Waals surface area contributed by atoms with Gasteiger partial charge in [0.2, 0.25) is 5.91 Å². The van der Waals surface area contributed by atoms with E-state index >= 15 is 0 Å². The number of hydroxylamine groups is 1. The minimum atomic E-state index is -0.502. The van der Waals surface area contributed by atoms with Crippen LogP contribution in [0.15, 0.2) is 0 Å². The predicted octanol–water partition coefficient (Wildman–Crippen LogP) is 0.989. The Morgan fingerprint density at radius 3 is 2.31 bits per heavy atom. The molecule has 2 N–H and O–H groups in total. The van der Waals surface area contributed by atoms with Gasteiger partial charge in [-0.15, -0.1) is 0 Å². The first kappa shape index (κ1) is 12.1. The lowest BCUT2D eigenvalue weighted by Gasteiger charge is -2.18. The fourth-order valence-corrected chi connectivity index (χ4v) is 1.22. The van der Waals surface area contributed by atoms with Gasteiger partial charge in [0.15, 0.2) is 0 Å². The highest BCUT2D eigenvalue weighted by molar-refractivity contribution is 5.80. The van der Waals surface area contributed by atoms with E-state index in [1.165, 1.54) is 0 Å². The van der Waals surface area contributed by atoms with E-state index in [0.717, 1.165) is 6.29 Å². The molecule has 0 heterocycles. The van der Waals surface area contributed by atoms with Gasteiger partial charge < -0.3 is 4.79 Å². The molecule has 13 heavy (non-hydrogen) atoms. The normalized spacial score (nSPS) is 15.2. The van der Waals surface area contributed by atoms with Gasteiger partial charge in [-0.3, -0.25) is 10.0 Å². The zero-order valence-electron chi connectivity index (χ0n) is 8.28. The topological polar surface area (TPSA) is 66.4 Å². The molecule has 1 amide bonds. The minimum Gasteiger partial charge on any atom is -0.303 e. The molecule has 0 aliphatic heterocycles. The summed E-state index contributed by atoms with van der Waals surface area (Å²) in [5, 5.41) is 8.37. The van der Waals surface area contributed by atoms with Gasteiger partial charge in [0.1, 0.15) is 6.29 Å². The Kier molecular flexibility index (Phi) is 5.30. The molecule has 0 fully saturated rings. The maximum absolute atomic E-state index is 11.0. The van der Waals surface area contributed by atoms with Gasteiger partial charge in [0, 0.05) is 11.8 Å². The zero-order chi connectivity index (χ0) is 10.4. The molecular formula is C9H17NO3. The standard InChI is InChI=1S/C9H17NO3/c1-6(2)4-8(5-11)7(3)9(12)10-13/h5-8,13H,4H2,1-3H3,(H,10,12)/t7?,8-/m0/s1. The van der Waals surface area contributed by atoms with Crippen LogP contribution in [0.25, 0.3) is 0 Å². The Morgan fingerprint density at radius 1 is 1.46 bits per heavy atom. The van der Waals surface area contributed by atoms with Crippen molar-refractivity contribution in [2.75, 3.05) is 0 Å². The summed E-state index contributed by atoms with van der Waals surface area (Å²) in [6, 6.07) is 0. The molecule has 0 bridgehead atoms. The molecule has 0 saturated carbocycles. The second-order valence-corrected chi connectivity index (χ2v) is 3.69. The van der Waals surface area contributed by atoms with Crippen molar-refractivity contribution in [1.29, 1.82) is 0 Å². The van der Waals surface area contributed by atoms with Gasteiger partial charge in [-0.1, -0.05) is 20.8 Å². The average Bonchev–Trinajstić information content (AvgIpc) is 2.11. The number of amides is 1. The summed E-state index contributed by atoms with van der Waals surface area (Å²) in [7, 11) is 0. The monoisotopic (exact) mass is 187 g/mol. The molecule has 0 radical (unpaired) electrons. The highest BCUT2D eigenvalue weighted by Gasteiger charge is 2.23. The smallest absolute Gasteiger partial charge is 0.246 e. The van der Waals surface area contributed by atoms with E-state index in [1.807, 2.05) is 13.8 Å². The summed E-state index contributed by atoms with van der Waals surface area (Å²) >= 11 is 0. The van der Waals surface area contributed by atoms with Gasteiger partial charge in [0.25, 0.3) is 0 Å². The SMILES string of the molecule is CC(C)C[C@@H](C=O)C(C)C(=O)NO. The van der Waals surface area contributed by atoms with Crippen LogP contribution in [0.2, 0.25) is 0 Å². The summed E-state index contributed by atoms with van der Waals surface area (Å²) in [4.78, 5) is 21.6. The number of carbonyl (C=O) groups is 2. The maximum Gasteiger partial charge on any atom is 0.246 e. The van der Waals surface area contributed by atoms with Crippen LogP contribution < -0.4 is 5.48 Å². The molecule has 0 rings (SSSR count). The number of nitrogens with one attached hydrogen (secondary N) is 1. The van der Waals surface area contributed by atoms with E-state index in [4.69, 9.17) is 5.21 Å². The second-order valence-electron chi connectivity index (χ2n) is 3.69. The third-order valence-electron chi connectivity index (χ3n) is 2.08. The number of aldehydes is 1. The molecule has 1 unspecified atom stereocenters. The van der Waals surface area contributed by atoms with Crippen LogP contribution in [-0.2, 0) is 9.59 Å². The van der Waals surface area contributed by atoms with Gasteiger partial charge in [0.05, 0.1) is 0 Å². The number of rotatable bonds is 5. The first-order valence-corrected chi connectivity index (χ1v) is 4.42. The van der Waals surface area contributed by atoms with E-state index in [1.54, 1.807) is 12.4 Å². The molecule has 76 valence electrons. The second kappa shape index (κ2) is 5.70. The number of carbonyl (C=O) groups excluding carboxylic acids is 2. The predicted molar refractivity (Wildman–Crippen MR) is 48.1 cm³/mol. The summed E-state index contributed by atoms with van der Waals surface area (Å²) in [6.07, 6.45) is 1.44. The highest BCUT2D eigenvalue weighted by Crippen LogP contribution is 2.18. The summed E-state index contributed by atoms with van der Waals surface area (Å²) in [5.74, 6) is -0.918. The lowest BCUT2D eigenvalue weighted by molar-refractivity contribution is -0.136. The van der Waals surface area contributed by atoms with E-state index in [0.29, 0.717) is 12.3 Å². The van der Waals surface area contributed by atoms with Gasteiger partial charge in [-0.05, 0) is 12.3 Å². The van der Waals surface area contributed by atoms with Crippen LogP contribution in [0.5, 0.6) is 0 Å². The Hall–Kier alpha value is -0.900. The van der Waals surface area contributed by atoms with Crippen molar-refractivity contribution in [2.24, 2.45) is 17.8 Å². The van der Waals surface area contributed by atoms with Gasteiger partial charge in [-0.2, -0.15) is 0 Å². The van der Waals surface area contributed by atoms with Crippen molar-refractivity contribution < 1.29 is 14.8 Å². The third kappa shape index (κ3) is 4.03. The van der Waals surface area contributed by atoms with E-state index in [-0.39, 0.29) is 5.92 Å². The molecule has 4 heteroatoms. The number of hydrogen-bond donors (Lipinski definition) is 2. The van der Waals surface area contributed by atoms with Crippen molar-refractivity contribution in [3.63, 3.8) is 0 Å². The Labute approximate surface area is 78.3 Å². The van der Waals surface area contributed by atoms with Crippen LogP contribution in [0.1, 0.15) is 27.2 Å². The van der Waals surface area contributed by atoms with Crippen molar-refractivity contribution in [1.82, 2.24) is 5.48 Å². The fourth-order valence-electron chi connectivity index (χ4n) is 1.22. The average molecular weight is 187 g/mol. The summed E-state index contributed by atoms with van der Waals surface area (Å²) in [5.41, 5.74) is 1.55. The molecule has 0 aromatic rings. The Morgan fingerprint density at radius 2 is 2.00 bits per heavy atom. The molecule has 0 aliphatic carbocycles. The van der Waals surface area contributed by atoms with E-state index < -0.39 is 11.8 Å². The lowest BCUT2D eigenvalue weighted by Crippen LogP contribution is -2.32. The Bertz CT molecular complexity index is 180. The molecule has 2 atom stereocenters. The van der Waals surface area contributed by atoms with Crippen molar-refractivity contribution in [2.45, 2.75) is 27.2 Å². The first-order chi connectivity index (χ1) is 6.02. The maximum atomic E-state index is 11.0. The third-order valence-corrected chi connectivity index (χ3v) is 2.08. The summed E-state index contributed by atoms with van der Waals surface area (Å²) < 4.78 is 0.